The van der Waals surface area contributed by atoms with E-state index in [4.69, 9.17) is 0 Å². The number of hydrogen-bond acceptors (Lipinski definition) is 3. The number of halogens is 1. The first-order valence-corrected chi connectivity index (χ1v) is 4.52. The van der Waals surface area contributed by atoms with Crippen molar-refractivity contribution >= 4 is 21.6 Å². The van der Waals surface area contributed by atoms with Gasteiger partial charge in [-0.15, -0.1) is 6.58 Å². The fraction of sp³-hybridized carbons (Fsp3) is 0.250. The molecule has 1 aromatic rings. The number of aryl methyl sites for hydroxylation is 1. The van der Waals surface area contributed by atoms with Gasteiger partial charge in [-0.1, -0.05) is 6.08 Å². The van der Waals surface area contributed by atoms with Crippen molar-refractivity contribution in [2.75, 3.05) is 11.9 Å². The molecule has 5 heteroatoms. The van der Waals surface area contributed by atoms with Crippen LogP contribution in [0.2, 0.25) is 0 Å². The highest BCUT2D eigenvalue weighted by atomic mass is 79.9. The summed E-state index contributed by atoms with van der Waals surface area (Å²) in [4.78, 5) is 11.3. The number of nitrogens with zero attached hydrogens (tertiary/aromatic N) is 2. The maximum Gasteiger partial charge on any atom is 0.282 e. The third-order valence-corrected chi connectivity index (χ3v) is 2.28. The number of aromatic nitrogens is 2. The zero-order valence-corrected chi connectivity index (χ0v) is 8.84. The molecule has 0 amide bonds. The van der Waals surface area contributed by atoms with Crippen molar-refractivity contribution in [3.05, 3.63) is 33.7 Å². The van der Waals surface area contributed by atoms with E-state index in [1.807, 2.05) is 0 Å². The first-order chi connectivity index (χ1) is 6.16. The molecule has 0 aliphatic rings. The Labute approximate surface area is 84.4 Å². The van der Waals surface area contributed by atoms with E-state index >= 15 is 0 Å². The standard InChI is InChI=1S/C8H10BrN3O/c1-3-4-10-6-5-11-12(2)8(13)7(6)9/h3,5,10H,1,4H2,2H3. The van der Waals surface area contributed by atoms with Crippen molar-refractivity contribution in [1.82, 2.24) is 9.78 Å². The monoisotopic (exact) mass is 243 g/mol. The van der Waals surface area contributed by atoms with Gasteiger partial charge < -0.3 is 5.32 Å². The molecule has 13 heavy (non-hydrogen) atoms. The molecule has 0 aliphatic carbocycles. The molecular weight excluding hydrogens is 234 g/mol. The summed E-state index contributed by atoms with van der Waals surface area (Å²) in [6.07, 6.45) is 3.30. The van der Waals surface area contributed by atoms with Crippen LogP contribution >= 0.6 is 15.9 Å². The van der Waals surface area contributed by atoms with Crippen molar-refractivity contribution in [2.24, 2.45) is 7.05 Å². The summed E-state index contributed by atoms with van der Waals surface area (Å²) in [5.74, 6) is 0. The van der Waals surface area contributed by atoms with Gasteiger partial charge in [0.2, 0.25) is 0 Å². The van der Waals surface area contributed by atoms with Crippen LogP contribution in [0, 0.1) is 0 Å². The molecule has 0 saturated carbocycles. The number of nitrogens with one attached hydrogen (secondary N) is 1. The van der Waals surface area contributed by atoms with E-state index in [1.165, 1.54) is 4.68 Å². The lowest BCUT2D eigenvalue weighted by molar-refractivity contribution is 0.703. The van der Waals surface area contributed by atoms with Crippen LogP contribution in [0.4, 0.5) is 5.69 Å². The summed E-state index contributed by atoms with van der Waals surface area (Å²) < 4.78 is 1.76. The molecule has 0 bridgehead atoms. The Balaban J connectivity index is 3.03. The van der Waals surface area contributed by atoms with Gasteiger partial charge in [-0.3, -0.25) is 4.79 Å². The minimum atomic E-state index is -0.158. The summed E-state index contributed by atoms with van der Waals surface area (Å²) in [5.41, 5.74) is 0.525. The smallest absolute Gasteiger partial charge is 0.282 e. The first-order valence-electron chi connectivity index (χ1n) is 3.73. The summed E-state index contributed by atoms with van der Waals surface area (Å²) >= 11 is 3.19. The third-order valence-electron chi connectivity index (χ3n) is 1.52. The van der Waals surface area contributed by atoms with Crippen LogP contribution in [0.25, 0.3) is 0 Å². The summed E-state index contributed by atoms with van der Waals surface area (Å²) in [7, 11) is 1.60. The van der Waals surface area contributed by atoms with Gasteiger partial charge in [-0.05, 0) is 15.9 Å². The van der Waals surface area contributed by atoms with E-state index in [-0.39, 0.29) is 5.56 Å². The van der Waals surface area contributed by atoms with E-state index in [1.54, 1.807) is 19.3 Å². The molecule has 0 fully saturated rings. The molecule has 1 N–H and O–H groups in total. The van der Waals surface area contributed by atoms with Gasteiger partial charge in [-0.2, -0.15) is 5.10 Å². The van der Waals surface area contributed by atoms with E-state index in [2.05, 4.69) is 32.9 Å². The van der Waals surface area contributed by atoms with Crippen LogP contribution in [0.15, 0.2) is 28.1 Å². The van der Waals surface area contributed by atoms with Gasteiger partial charge >= 0.3 is 0 Å². The molecule has 0 aliphatic heterocycles. The van der Waals surface area contributed by atoms with Crippen molar-refractivity contribution in [3.8, 4) is 0 Å². The van der Waals surface area contributed by atoms with Crippen molar-refractivity contribution in [3.63, 3.8) is 0 Å². The number of anilines is 1. The second-order valence-electron chi connectivity index (χ2n) is 2.47. The van der Waals surface area contributed by atoms with E-state index < -0.39 is 0 Å². The maximum atomic E-state index is 11.3. The molecule has 70 valence electrons. The average Bonchev–Trinajstić information content (AvgIpc) is 2.13. The molecule has 0 atom stereocenters. The minimum Gasteiger partial charge on any atom is -0.379 e. The fourth-order valence-corrected chi connectivity index (χ4v) is 1.32. The van der Waals surface area contributed by atoms with Gasteiger partial charge in [0.15, 0.2) is 0 Å². The van der Waals surface area contributed by atoms with Crippen molar-refractivity contribution in [1.29, 1.82) is 0 Å². The van der Waals surface area contributed by atoms with Crippen LogP contribution in [0.3, 0.4) is 0 Å². The second-order valence-corrected chi connectivity index (χ2v) is 3.26. The average molecular weight is 244 g/mol. The Bertz CT molecular complexity index is 372. The van der Waals surface area contributed by atoms with E-state index in [9.17, 15) is 4.79 Å². The normalized spacial score (nSPS) is 9.69. The lowest BCUT2D eigenvalue weighted by Crippen LogP contribution is -2.21. The Morgan fingerprint density at radius 3 is 3.15 bits per heavy atom. The topological polar surface area (TPSA) is 46.9 Å². The molecule has 0 spiro atoms. The Hall–Kier alpha value is -1.10. The predicted octanol–water partition coefficient (Wildman–Crippen LogP) is 1.14. The molecule has 1 aromatic heterocycles. The van der Waals surface area contributed by atoms with Gasteiger partial charge in [-0.25, -0.2) is 4.68 Å². The molecule has 0 radical (unpaired) electrons. The molecule has 4 nitrogen and oxygen atoms in total. The van der Waals surface area contributed by atoms with Crippen molar-refractivity contribution < 1.29 is 0 Å². The molecular formula is C8H10BrN3O. The zero-order chi connectivity index (χ0) is 9.84. The summed E-state index contributed by atoms with van der Waals surface area (Å²) in [5, 5.41) is 6.86. The van der Waals surface area contributed by atoms with Crippen LogP contribution in [0.5, 0.6) is 0 Å². The SMILES string of the molecule is C=CCNc1cnn(C)c(=O)c1Br. The minimum absolute atomic E-state index is 0.158. The molecule has 0 aromatic carbocycles. The second kappa shape index (κ2) is 4.23. The molecule has 1 rings (SSSR count). The maximum absolute atomic E-state index is 11.3. The highest BCUT2D eigenvalue weighted by Crippen LogP contribution is 2.14. The first kappa shape index (κ1) is 9.98. The quantitative estimate of drug-likeness (QED) is 0.811. The fourth-order valence-electron chi connectivity index (χ4n) is 0.816. The Kier molecular flexibility index (Phi) is 3.25. The molecule has 1 heterocycles. The van der Waals surface area contributed by atoms with Gasteiger partial charge in [0, 0.05) is 13.6 Å². The number of hydrogen-bond donors (Lipinski definition) is 1. The lowest BCUT2D eigenvalue weighted by Gasteiger charge is -2.05. The number of rotatable bonds is 3. The largest absolute Gasteiger partial charge is 0.379 e. The highest BCUT2D eigenvalue weighted by molar-refractivity contribution is 9.10. The Morgan fingerprint density at radius 1 is 1.85 bits per heavy atom. The molecule has 0 unspecified atom stereocenters. The Morgan fingerprint density at radius 2 is 2.54 bits per heavy atom. The van der Waals surface area contributed by atoms with Crippen LogP contribution < -0.4 is 10.9 Å². The summed E-state index contributed by atoms with van der Waals surface area (Å²) in [6.45, 7) is 4.17. The lowest BCUT2D eigenvalue weighted by atomic mass is 10.4. The zero-order valence-electron chi connectivity index (χ0n) is 7.25. The molecule has 0 saturated heterocycles. The van der Waals surface area contributed by atoms with Crippen LogP contribution in [-0.4, -0.2) is 16.3 Å². The summed E-state index contributed by atoms with van der Waals surface area (Å²) in [6, 6.07) is 0. The van der Waals surface area contributed by atoms with Gasteiger partial charge in [0.05, 0.1) is 11.9 Å². The van der Waals surface area contributed by atoms with Crippen molar-refractivity contribution in [2.45, 2.75) is 0 Å². The van der Waals surface area contributed by atoms with Crippen LogP contribution in [-0.2, 0) is 7.05 Å². The predicted molar refractivity (Wildman–Crippen MR) is 55.9 cm³/mol. The highest BCUT2D eigenvalue weighted by Gasteiger charge is 2.04. The van der Waals surface area contributed by atoms with Gasteiger partial charge in [0.25, 0.3) is 5.56 Å². The van der Waals surface area contributed by atoms with E-state index in [0.717, 1.165) is 0 Å². The third kappa shape index (κ3) is 2.18. The van der Waals surface area contributed by atoms with Crippen LogP contribution in [0.1, 0.15) is 0 Å². The van der Waals surface area contributed by atoms with Gasteiger partial charge in [0.1, 0.15) is 4.47 Å². The van der Waals surface area contributed by atoms with E-state index in [0.29, 0.717) is 16.7 Å².